The summed E-state index contributed by atoms with van der Waals surface area (Å²) in [5.41, 5.74) is 0. The summed E-state index contributed by atoms with van der Waals surface area (Å²) in [5.74, 6) is 2.12. The number of furan rings is 1. The predicted octanol–water partition coefficient (Wildman–Crippen LogP) is 2.02. The van der Waals surface area contributed by atoms with Crippen molar-refractivity contribution in [3.8, 4) is 0 Å². The van der Waals surface area contributed by atoms with Crippen LogP contribution in [0.2, 0.25) is 0 Å². The Morgan fingerprint density at radius 2 is 1.76 bits per heavy atom. The monoisotopic (exact) mass is 341 g/mol. The Morgan fingerprint density at radius 1 is 0.960 bits per heavy atom. The van der Waals surface area contributed by atoms with Crippen molar-refractivity contribution < 1.29 is 9.21 Å². The molecule has 7 nitrogen and oxygen atoms in total. The summed E-state index contributed by atoms with van der Waals surface area (Å²) in [6, 6.07) is 5.44. The zero-order chi connectivity index (χ0) is 17.1. The number of piperidine rings is 1. The van der Waals surface area contributed by atoms with E-state index in [-0.39, 0.29) is 5.91 Å². The van der Waals surface area contributed by atoms with Gasteiger partial charge in [0.15, 0.2) is 5.76 Å². The molecule has 2 saturated heterocycles. The first-order valence-corrected chi connectivity index (χ1v) is 8.97. The van der Waals surface area contributed by atoms with Gasteiger partial charge in [-0.1, -0.05) is 0 Å². The molecule has 0 aromatic carbocycles. The number of hydrogen-bond donors (Lipinski definition) is 0. The van der Waals surface area contributed by atoms with E-state index in [1.54, 1.807) is 12.1 Å². The van der Waals surface area contributed by atoms with Crippen LogP contribution >= 0.6 is 0 Å². The summed E-state index contributed by atoms with van der Waals surface area (Å²) in [6.45, 7) is 4.91. The second-order valence-electron chi connectivity index (χ2n) is 6.52. The Morgan fingerprint density at radius 3 is 2.48 bits per heavy atom. The molecule has 0 spiro atoms. The van der Waals surface area contributed by atoms with Gasteiger partial charge in [-0.05, 0) is 37.5 Å². The van der Waals surface area contributed by atoms with E-state index in [2.05, 4.69) is 14.8 Å². The Labute approximate surface area is 147 Å². The third kappa shape index (κ3) is 3.45. The van der Waals surface area contributed by atoms with Crippen LogP contribution in [-0.2, 0) is 0 Å². The topological polar surface area (TPSA) is 65.7 Å². The molecule has 4 rings (SSSR count). The van der Waals surface area contributed by atoms with Crippen LogP contribution in [0.4, 0.5) is 11.8 Å². The van der Waals surface area contributed by atoms with Gasteiger partial charge >= 0.3 is 0 Å². The molecule has 0 radical (unpaired) electrons. The molecule has 0 aliphatic carbocycles. The van der Waals surface area contributed by atoms with Crippen LogP contribution in [0.1, 0.15) is 29.8 Å². The number of rotatable bonds is 3. The average Bonchev–Trinajstić information content (AvgIpc) is 3.23. The highest BCUT2D eigenvalue weighted by Crippen LogP contribution is 2.20. The molecule has 0 saturated carbocycles. The summed E-state index contributed by atoms with van der Waals surface area (Å²) in [4.78, 5) is 27.9. The van der Waals surface area contributed by atoms with Gasteiger partial charge in [0.25, 0.3) is 5.91 Å². The summed E-state index contributed by atoms with van der Waals surface area (Å²) in [7, 11) is 0. The summed E-state index contributed by atoms with van der Waals surface area (Å²) < 4.78 is 5.21. The first kappa shape index (κ1) is 15.9. The third-order valence-corrected chi connectivity index (χ3v) is 4.89. The van der Waals surface area contributed by atoms with Crippen molar-refractivity contribution in [3.63, 3.8) is 0 Å². The minimum Gasteiger partial charge on any atom is -0.459 e. The number of hydrogen-bond acceptors (Lipinski definition) is 6. The Hall–Kier alpha value is -2.57. The molecule has 4 heterocycles. The first-order valence-electron chi connectivity index (χ1n) is 8.97. The van der Waals surface area contributed by atoms with Crippen molar-refractivity contribution >= 4 is 17.7 Å². The molecule has 2 fully saturated rings. The number of piperazine rings is 1. The van der Waals surface area contributed by atoms with E-state index < -0.39 is 0 Å². The third-order valence-electron chi connectivity index (χ3n) is 4.89. The van der Waals surface area contributed by atoms with Crippen LogP contribution in [0.5, 0.6) is 0 Å². The highest BCUT2D eigenvalue weighted by Gasteiger charge is 2.25. The summed E-state index contributed by atoms with van der Waals surface area (Å²) >= 11 is 0. The molecule has 0 unspecified atom stereocenters. The lowest BCUT2D eigenvalue weighted by Gasteiger charge is -2.35. The fourth-order valence-electron chi connectivity index (χ4n) is 3.46. The molecule has 2 aromatic heterocycles. The zero-order valence-electron chi connectivity index (χ0n) is 14.3. The highest BCUT2D eigenvalue weighted by molar-refractivity contribution is 5.91. The minimum atomic E-state index is -0.0485. The van der Waals surface area contributed by atoms with E-state index in [0.29, 0.717) is 18.8 Å². The largest absolute Gasteiger partial charge is 0.459 e. The maximum absolute atomic E-state index is 12.3. The van der Waals surface area contributed by atoms with Crippen molar-refractivity contribution in [2.24, 2.45) is 0 Å². The van der Waals surface area contributed by atoms with E-state index >= 15 is 0 Å². The molecule has 132 valence electrons. The molecule has 2 aliphatic heterocycles. The molecule has 1 amide bonds. The van der Waals surface area contributed by atoms with Crippen molar-refractivity contribution in [3.05, 3.63) is 36.4 Å². The van der Waals surface area contributed by atoms with E-state index in [4.69, 9.17) is 9.40 Å². The van der Waals surface area contributed by atoms with E-state index in [1.165, 1.54) is 25.5 Å². The number of anilines is 2. The van der Waals surface area contributed by atoms with Gasteiger partial charge in [-0.3, -0.25) is 4.79 Å². The molecule has 2 aromatic rings. The molecule has 7 heteroatoms. The molecular weight excluding hydrogens is 318 g/mol. The van der Waals surface area contributed by atoms with Crippen molar-refractivity contribution in [1.82, 2.24) is 14.9 Å². The lowest BCUT2D eigenvalue weighted by molar-refractivity contribution is 0.0714. The van der Waals surface area contributed by atoms with Gasteiger partial charge in [0.2, 0.25) is 5.95 Å². The highest BCUT2D eigenvalue weighted by atomic mass is 16.3. The zero-order valence-corrected chi connectivity index (χ0v) is 14.3. The Kier molecular flexibility index (Phi) is 4.54. The van der Waals surface area contributed by atoms with Gasteiger partial charge in [0, 0.05) is 45.5 Å². The lowest BCUT2D eigenvalue weighted by atomic mass is 10.1. The Balaban J connectivity index is 1.40. The summed E-state index contributed by atoms with van der Waals surface area (Å²) in [6.07, 6.45) is 7.13. The Bertz CT molecular complexity index is 704. The smallest absolute Gasteiger partial charge is 0.289 e. The number of aromatic nitrogens is 2. The van der Waals surface area contributed by atoms with Crippen LogP contribution in [-0.4, -0.2) is 60.0 Å². The first-order chi connectivity index (χ1) is 12.3. The molecule has 25 heavy (non-hydrogen) atoms. The minimum absolute atomic E-state index is 0.0485. The SMILES string of the molecule is O=C(c1ccco1)N1CCN(c2nccc(N3CCCCC3)n2)CC1. The van der Waals surface area contributed by atoms with Crippen LogP contribution in [0.3, 0.4) is 0 Å². The van der Waals surface area contributed by atoms with Gasteiger partial charge in [-0.15, -0.1) is 0 Å². The molecular formula is C18H23N5O2. The fraction of sp³-hybridized carbons (Fsp3) is 0.500. The number of carbonyl (C=O) groups is 1. The molecule has 0 bridgehead atoms. The normalized spacial score (nSPS) is 18.5. The fourth-order valence-corrected chi connectivity index (χ4v) is 3.46. The summed E-state index contributed by atoms with van der Waals surface area (Å²) in [5, 5.41) is 0. The van der Waals surface area contributed by atoms with Crippen molar-refractivity contribution in [1.29, 1.82) is 0 Å². The van der Waals surface area contributed by atoms with Crippen LogP contribution in [0, 0.1) is 0 Å². The lowest BCUT2D eigenvalue weighted by Crippen LogP contribution is -2.49. The van der Waals surface area contributed by atoms with E-state index in [1.807, 2.05) is 17.2 Å². The van der Waals surface area contributed by atoms with Gasteiger partial charge in [0.05, 0.1) is 6.26 Å². The second-order valence-corrected chi connectivity index (χ2v) is 6.52. The molecule has 0 N–H and O–H groups in total. The number of nitrogens with zero attached hydrogens (tertiary/aromatic N) is 5. The standard InChI is InChI=1S/C18H23N5O2/c24-17(15-5-4-14-25-15)22-10-12-23(13-11-22)18-19-7-6-16(20-18)21-8-2-1-3-9-21/h4-7,14H,1-3,8-13H2. The van der Waals surface area contributed by atoms with E-state index in [0.717, 1.165) is 37.9 Å². The van der Waals surface area contributed by atoms with Crippen molar-refractivity contribution in [2.45, 2.75) is 19.3 Å². The quantitative estimate of drug-likeness (QED) is 0.851. The van der Waals surface area contributed by atoms with Crippen LogP contribution in [0.25, 0.3) is 0 Å². The maximum Gasteiger partial charge on any atom is 0.289 e. The number of amides is 1. The van der Waals surface area contributed by atoms with E-state index in [9.17, 15) is 4.79 Å². The number of carbonyl (C=O) groups excluding carboxylic acids is 1. The van der Waals surface area contributed by atoms with Gasteiger partial charge < -0.3 is 19.1 Å². The van der Waals surface area contributed by atoms with Crippen molar-refractivity contribution in [2.75, 3.05) is 49.1 Å². The van der Waals surface area contributed by atoms with Crippen LogP contribution < -0.4 is 9.80 Å². The molecule has 0 atom stereocenters. The molecule has 2 aliphatic rings. The average molecular weight is 341 g/mol. The second kappa shape index (κ2) is 7.13. The van der Waals surface area contributed by atoms with Crippen LogP contribution in [0.15, 0.2) is 35.1 Å². The van der Waals surface area contributed by atoms with Gasteiger partial charge in [0.1, 0.15) is 5.82 Å². The van der Waals surface area contributed by atoms with Gasteiger partial charge in [-0.25, -0.2) is 4.98 Å². The maximum atomic E-state index is 12.3. The predicted molar refractivity (Wildman–Crippen MR) is 94.9 cm³/mol. The van der Waals surface area contributed by atoms with Gasteiger partial charge in [-0.2, -0.15) is 4.98 Å².